The predicted molar refractivity (Wildman–Crippen MR) is 91.1 cm³/mol. The molecule has 0 saturated heterocycles. The van der Waals surface area contributed by atoms with Crippen molar-refractivity contribution in [3.63, 3.8) is 0 Å². The van der Waals surface area contributed by atoms with E-state index in [1.807, 2.05) is 6.92 Å². The van der Waals surface area contributed by atoms with Gasteiger partial charge in [0.05, 0.1) is 13.2 Å². The van der Waals surface area contributed by atoms with Gasteiger partial charge in [0.2, 0.25) is 0 Å². The fourth-order valence-electron chi connectivity index (χ4n) is 2.18. The van der Waals surface area contributed by atoms with E-state index >= 15 is 0 Å². The molecule has 0 aliphatic heterocycles. The van der Waals surface area contributed by atoms with Crippen LogP contribution in [0.15, 0.2) is 24.3 Å². The SMILES string of the molecule is CCOC(=O)CCCCCCCCOc1ccc(C(=O)Cl)cc1. The summed E-state index contributed by atoms with van der Waals surface area (Å²) in [5.41, 5.74) is 0.474. The number of carbonyl (C=O) groups excluding carboxylic acids is 2. The van der Waals surface area contributed by atoms with Crippen molar-refractivity contribution in [3.05, 3.63) is 29.8 Å². The first-order valence-electron chi connectivity index (χ1n) is 8.21. The minimum atomic E-state index is -0.459. The van der Waals surface area contributed by atoms with E-state index in [0.29, 0.717) is 25.2 Å². The van der Waals surface area contributed by atoms with Crippen LogP contribution in [0.2, 0.25) is 0 Å². The van der Waals surface area contributed by atoms with Gasteiger partial charge < -0.3 is 9.47 Å². The summed E-state index contributed by atoms with van der Waals surface area (Å²) in [6.45, 7) is 2.95. The first kappa shape index (κ1) is 19.5. The van der Waals surface area contributed by atoms with Gasteiger partial charge in [0.15, 0.2) is 0 Å². The van der Waals surface area contributed by atoms with E-state index in [-0.39, 0.29) is 5.97 Å². The van der Waals surface area contributed by atoms with Crippen molar-refractivity contribution >= 4 is 22.8 Å². The van der Waals surface area contributed by atoms with Crippen molar-refractivity contribution in [3.8, 4) is 5.75 Å². The van der Waals surface area contributed by atoms with Gasteiger partial charge in [-0.15, -0.1) is 0 Å². The molecule has 0 aliphatic rings. The van der Waals surface area contributed by atoms with Gasteiger partial charge in [-0.25, -0.2) is 0 Å². The van der Waals surface area contributed by atoms with Crippen LogP contribution in [0.25, 0.3) is 0 Å². The van der Waals surface area contributed by atoms with E-state index in [0.717, 1.165) is 44.3 Å². The maximum Gasteiger partial charge on any atom is 0.305 e. The second-order valence-electron chi connectivity index (χ2n) is 5.32. The summed E-state index contributed by atoms with van der Waals surface area (Å²) >= 11 is 5.38. The van der Waals surface area contributed by atoms with Crippen LogP contribution in [-0.4, -0.2) is 24.4 Å². The molecule has 5 heteroatoms. The third-order valence-corrected chi connectivity index (χ3v) is 3.65. The largest absolute Gasteiger partial charge is 0.494 e. The molecule has 0 aromatic heterocycles. The van der Waals surface area contributed by atoms with Gasteiger partial charge in [0.25, 0.3) is 5.24 Å². The molecule has 4 nitrogen and oxygen atoms in total. The monoisotopic (exact) mass is 340 g/mol. The van der Waals surface area contributed by atoms with Crippen LogP contribution < -0.4 is 4.74 Å². The summed E-state index contributed by atoms with van der Waals surface area (Å²) < 4.78 is 10.5. The Labute approximate surface area is 143 Å². The molecule has 0 amide bonds. The van der Waals surface area contributed by atoms with E-state index in [9.17, 15) is 9.59 Å². The summed E-state index contributed by atoms with van der Waals surface area (Å²) in [5, 5.41) is -0.459. The summed E-state index contributed by atoms with van der Waals surface area (Å²) in [4.78, 5) is 22.1. The molecule has 0 spiro atoms. The minimum absolute atomic E-state index is 0.0946. The van der Waals surface area contributed by atoms with Crippen molar-refractivity contribution in [2.24, 2.45) is 0 Å². The number of benzene rings is 1. The lowest BCUT2D eigenvalue weighted by atomic mass is 10.1. The van der Waals surface area contributed by atoms with Crippen molar-refractivity contribution in [1.29, 1.82) is 0 Å². The number of ether oxygens (including phenoxy) is 2. The third kappa shape index (κ3) is 9.24. The van der Waals surface area contributed by atoms with E-state index in [4.69, 9.17) is 21.1 Å². The molecule has 128 valence electrons. The number of hydrogen-bond donors (Lipinski definition) is 0. The molecule has 0 unspecified atom stereocenters. The van der Waals surface area contributed by atoms with Crippen molar-refractivity contribution in [2.75, 3.05) is 13.2 Å². The van der Waals surface area contributed by atoms with Gasteiger partial charge in [0, 0.05) is 12.0 Å². The topological polar surface area (TPSA) is 52.6 Å². The lowest BCUT2D eigenvalue weighted by Gasteiger charge is -2.06. The molecule has 0 saturated carbocycles. The van der Waals surface area contributed by atoms with Crippen LogP contribution in [0.1, 0.15) is 62.2 Å². The quantitative estimate of drug-likeness (QED) is 0.313. The molecule has 0 radical (unpaired) electrons. The summed E-state index contributed by atoms with van der Waals surface area (Å²) in [6.07, 6.45) is 6.87. The van der Waals surface area contributed by atoms with E-state index in [2.05, 4.69) is 0 Å². The maximum absolute atomic E-state index is 11.1. The fraction of sp³-hybridized carbons (Fsp3) is 0.556. The molecule has 1 aromatic rings. The van der Waals surface area contributed by atoms with Gasteiger partial charge in [-0.3, -0.25) is 9.59 Å². The lowest BCUT2D eigenvalue weighted by molar-refractivity contribution is -0.143. The molecule has 0 fully saturated rings. The molecule has 0 atom stereocenters. The zero-order chi connectivity index (χ0) is 16.9. The summed E-state index contributed by atoms with van der Waals surface area (Å²) in [6, 6.07) is 6.83. The number of rotatable bonds is 12. The Morgan fingerprint density at radius 2 is 1.57 bits per heavy atom. The molecular formula is C18H25ClO4. The van der Waals surface area contributed by atoms with Gasteiger partial charge in [-0.05, 0) is 55.6 Å². The molecule has 0 N–H and O–H groups in total. The summed E-state index contributed by atoms with van der Waals surface area (Å²) in [5.74, 6) is 0.656. The van der Waals surface area contributed by atoms with Crippen LogP contribution in [0.4, 0.5) is 0 Å². The Balaban J connectivity index is 1.97. The molecule has 0 heterocycles. The van der Waals surface area contributed by atoms with E-state index in [1.54, 1.807) is 24.3 Å². The highest BCUT2D eigenvalue weighted by molar-refractivity contribution is 6.67. The Hall–Kier alpha value is -1.55. The molecule has 23 heavy (non-hydrogen) atoms. The van der Waals surface area contributed by atoms with Crippen LogP contribution in [0.3, 0.4) is 0 Å². The number of unbranched alkanes of at least 4 members (excludes halogenated alkanes) is 5. The van der Waals surface area contributed by atoms with Crippen LogP contribution in [0, 0.1) is 0 Å². The number of esters is 1. The molecular weight excluding hydrogens is 316 g/mol. The zero-order valence-electron chi connectivity index (χ0n) is 13.7. The van der Waals surface area contributed by atoms with E-state index < -0.39 is 5.24 Å². The second-order valence-corrected chi connectivity index (χ2v) is 5.67. The molecule has 1 aromatic carbocycles. The Morgan fingerprint density at radius 3 is 2.17 bits per heavy atom. The molecule has 1 rings (SSSR count). The fourth-order valence-corrected chi connectivity index (χ4v) is 2.31. The minimum Gasteiger partial charge on any atom is -0.494 e. The zero-order valence-corrected chi connectivity index (χ0v) is 14.4. The van der Waals surface area contributed by atoms with Crippen LogP contribution >= 0.6 is 11.6 Å². The molecule has 0 bridgehead atoms. The Bertz CT molecular complexity index is 470. The second kappa shape index (κ2) is 11.9. The third-order valence-electron chi connectivity index (χ3n) is 3.43. The summed E-state index contributed by atoms with van der Waals surface area (Å²) in [7, 11) is 0. The Kier molecular flexibility index (Phi) is 10.1. The van der Waals surface area contributed by atoms with Gasteiger partial charge in [0.1, 0.15) is 5.75 Å². The normalized spacial score (nSPS) is 10.3. The van der Waals surface area contributed by atoms with E-state index in [1.165, 1.54) is 0 Å². The highest BCUT2D eigenvalue weighted by Crippen LogP contribution is 2.14. The maximum atomic E-state index is 11.1. The average Bonchev–Trinajstić information content (AvgIpc) is 2.54. The first-order chi connectivity index (χ1) is 11.1. The van der Waals surface area contributed by atoms with Gasteiger partial charge >= 0.3 is 5.97 Å². The number of hydrogen-bond acceptors (Lipinski definition) is 4. The highest BCUT2D eigenvalue weighted by atomic mass is 35.5. The predicted octanol–water partition coefficient (Wildman–Crippen LogP) is 4.74. The Morgan fingerprint density at radius 1 is 0.957 bits per heavy atom. The average molecular weight is 341 g/mol. The molecule has 0 aliphatic carbocycles. The first-order valence-corrected chi connectivity index (χ1v) is 8.59. The van der Waals surface area contributed by atoms with Crippen LogP contribution in [-0.2, 0) is 9.53 Å². The van der Waals surface area contributed by atoms with Crippen molar-refractivity contribution in [2.45, 2.75) is 51.9 Å². The van der Waals surface area contributed by atoms with Gasteiger partial charge in [-0.2, -0.15) is 0 Å². The van der Waals surface area contributed by atoms with Crippen molar-refractivity contribution < 1.29 is 19.1 Å². The standard InChI is InChI=1S/C18H25ClO4/c1-2-22-17(20)9-7-5-3-4-6-8-14-23-16-12-10-15(11-13-16)18(19)21/h10-13H,2-9,14H2,1H3. The van der Waals surface area contributed by atoms with Crippen molar-refractivity contribution in [1.82, 2.24) is 0 Å². The van der Waals surface area contributed by atoms with Crippen LogP contribution in [0.5, 0.6) is 5.75 Å². The number of carbonyl (C=O) groups is 2. The highest BCUT2D eigenvalue weighted by Gasteiger charge is 2.02. The number of halogens is 1. The smallest absolute Gasteiger partial charge is 0.305 e. The lowest BCUT2D eigenvalue weighted by Crippen LogP contribution is -2.03. The van der Waals surface area contributed by atoms with Gasteiger partial charge in [-0.1, -0.05) is 25.7 Å².